The lowest BCUT2D eigenvalue weighted by Crippen LogP contribution is -2.35. The van der Waals surface area contributed by atoms with Crippen molar-refractivity contribution >= 4 is 27.3 Å². The van der Waals surface area contributed by atoms with Gasteiger partial charge < -0.3 is 5.32 Å². The second-order valence-corrected chi connectivity index (χ2v) is 7.16. The number of thiophene rings is 1. The fourth-order valence-electron chi connectivity index (χ4n) is 1.54. The first-order chi connectivity index (χ1) is 8.42. The summed E-state index contributed by atoms with van der Waals surface area (Å²) in [5.41, 5.74) is 1.74. The minimum absolute atomic E-state index is 0.227. The molecule has 96 valence electrons. The summed E-state index contributed by atoms with van der Waals surface area (Å²) in [6.45, 7) is 6.16. The van der Waals surface area contributed by atoms with Crippen LogP contribution in [0.5, 0.6) is 0 Å². The average molecular weight is 326 g/mol. The zero-order chi connectivity index (χ0) is 13.3. The van der Waals surface area contributed by atoms with Crippen molar-refractivity contribution in [3.8, 4) is 10.6 Å². The van der Waals surface area contributed by atoms with Crippen LogP contribution in [0.4, 0.5) is 0 Å². The minimum Gasteiger partial charge on any atom is -0.308 e. The second kappa shape index (κ2) is 5.07. The van der Waals surface area contributed by atoms with E-state index in [1.807, 2.05) is 26.1 Å². The van der Waals surface area contributed by atoms with Gasteiger partial charge in [-0.1, -0.05) is 0 Å². The van der Waals surface area contributed by atoms with Crippen molar-refractivity contribution in [1.29, 1.82) is 0 Å². The fraction of sp³-hybridized carbons (Fsp3) is 0.385. The Kier molecular flexibility index (Phi) is 3.84. The Labute approximate surface area is 120 Å². The monoisotopic (exact) mass is 325 g/mol. The molecule has 0 aliphatic rings. The van der Waals surface area contributed by atoms with Crippen molar-refractivity contribution in [2.24, 2.45) is 0 Å². The molecule has 0 atom stereocenters. The molecule has 2 aromatic heterocycles. The Morgan fingerprint density at radius 3 is 2.56 bits per heavy atom. The number of rotatable bonds is 3. The third kappa shape index (κ3) is 2.79. The van der Waals surface area contributed by atoms with Gasteiger partial charge in [0.25, 0.3) is 0 Å². The van der Waals surface area contributed by atoms with Crippen molar-refractivity contribution in [3.63, 3.8) is 0 Å². The number of halogens is 1. The summed E-state index contributed by atoms with van der Waals surface area (Å²) in [6.07, 6.45) is 0. The van der Waals surface area contributed by atoms with Gasteiger partial charge in [-0.15, -0.1) is 11.3 Å². The lowest BCUT2D eigenvalue weighted by atomic mass is 10.0. The number of nitrogens with one attached hydrogen (secondary N) is 1. The maximum absolute atomic E-state index is 4.68. The molecule has 2 rings (SSSR count). The molecule has 0 spiro atoms. The quantitative estimate of drug-likeness (QED) is 0.934. The highest BCUT2D eigenvalue weighted by Gasteiger charge is 2.22. The Balaban J connectivity index is 2.51. The highest BCUT2D eigenvalue weighted by Crippen LogP contribution is 2.31. The fourth-order valence-corrected chi connectivity index (χ4v) is 2.88. The summed E-state index contributed by atoms with van der Waals surface area (Å²) in [6, 6.07) is 6.14. The third-order valence-corrected chi connectivity index (χ3v) is 4.51. The molecular formula is C13H16BrN3S. The first-order valence-electron chi connectivity index (χ1n) is 5.73. The Morgan fingerprint density at radius 1 is 1.28 bits per heavy atom. The van der Waals surface area contributed by atoms with E-state index in [2.05, 4.69) is 51.1 Å². The Hall–Kier alpha value is -0.780. The van der Waals surface area contributed by atoms with E-state index in [4.69, 9.17) is 0 Å². The molecule has 0 aliphatic carbocycles. The van der Waals surface area contributed by atoms with Crippen LogP contribution in [0.2, 0.25) is 0 Å². The molecule has 2 heterocycles. The van der Waals surface area contributed by atoms with Crippen LogP contribution in [-0.2, 0) is 5.54 Å². The average Bonchev–Trinajstić information content (AvgIpc) is 2.75. The van der Waals surface area contributed by atoms with Gasteiger partial charge in [0.2, 0.25) is 0 Å². The van der Waals surface area contributed by atoms with E-state index < -0.39 is 0 Å². The SMILES string of the molecule is CNC(C)(C)c1nc(C)cc(-c2ccc(Br)s2)n1. The van der Waals surface area contributed by atoms with Gasteiger partial charge in [0.05, 0.1) is 19.9 Å². The summed E-state index contributed by atoms with van der Waals surface area (Å²) in [7, 11) is 1.92. The molecule has 5 heteroatoms. The van der Waals surface area contributed by atoms with Crippen LogP contribution in [0, 0.1) is 6.92 Å². The molecule has 3 nitrogen and oxygen atoms in total. The Morgan fingerprint density at radius 2 is 2.00 bits per heavy atom. The van der Waals surface area contributed by atoms with E-state index in [0.717, 1.165) is 25.9 Å². The molecule has 18 heavy (non-hydrogen) atoms. The van der Waals surface area contributed by atoms with Crippen molar-refractivity contribution in [2.75, 3.05) is 7.05 Å². The lowest BCUT2D eigenvalue weighted by molar-refractivity contribution is 0.416. The smallest absolute Gasteiger partial charge is 0.148 e. The minimum atomic E-state index is -0.227. The third-order valence-electron chi connectivity index (χ3n) is 2.86. The highest BCUT2D eigenvalue weighted by molar-refractivity contribution is 9.11. The summed E-state index contributed by atoms with van der Waals surface area (Å²) in [4.78, 5) is 10.4. The number of hydrogen-bond donors (Lipinski definition) is 1. The topological polar surface area (TPSA) is 37.8 Å². The molecule has 0 saturated carbocycles. The van der Waals surface area contributed by atoms with Crippen molar-refractivity contribution < 1.29 is 0 Å². The molecule has 0 radical (unpaired) electrons. The van der Waals surface area contributed by atoms with E-state index >= 15 is 0 Å². The number of aromatic nitrogens is 2. The number of hydrogen-bond acceptors (Lipinski definition) is 4. The maximum atomic E-state index is 4.68. The first-order valence-corrected chi connectivity index (χ1v) is 7.34. The molecule has 2 aromatic rings. The number of nitrogens with zero attached hydrogens (tertiary/aromatic N) is 2. The van der Waals surface area contributed by atoms with Crippen molar-refractivity contribution in [2.45, 2.75) is 26.3 Å². The second-order valence-electron chi connectivity index (χ2n) is 4.70. The van der Waals surface area contributed by atoms with Gasteiger partial charge >= 0.3 is 0 Å². The molecule has 0 aromatic carbocycles. The normalized spacial score (nSPS) is 11.8. The van der Waals surface area contributed by atoms with Gasteiger partial charge in [0, 0.05) is 5.69 Å². The summed E-state index contributed by atoms with van der Waals surface area (Å²) in [5.74, 6) is 0.824. The van der Waals surface area contributed by atoms with Gasteiger partial charge in [-0.3, -0.25) is 0 Å². The van der Waals surface area contributed by atoms with Gasteiger partial charge in [0.1, 0.15) is 5.82 Å². The van der Waals surface area contributed by atoms with E-state index in [-0.39, 0.29) is 5.54 Å². The molecule has 0 amide bonds. The highest BCUT2D eigenvalue weighted by atomic mass is 79.9. The summed E-state index contributed by atoms with van der Waals surface area (Å²) < 4.78 is 1.11. The van der Waals surface area contributed by atoms with E-state index in [1.54, 1.807) is 11.3 Å². The summed E-state index contributed by atoms with van der Waals surface area (Å²) >= 11 is 5.16. The van der Waals surface area contributed by atoms with Crippen LogP contribution < -0.4 is 5.32 Å². The molecule has 0 aliphatic heterocycles. The first kappa shape index (κ1) is 13.6. The summed E-state index contributed by atoms with van der Waals surface area (Å²) in [5, 5.41) is 3.24. The van der Waals surface area contributed by atoms with E-state index in [1.165, 1.54) is 0 Å². The van der Waals surface area contributed by atoms with Gasteiger partial charge in [-0.05, 0) is 61.9 Å². The lowest BCUT2D eigenvalue weighted by Gasteiger charge is -2.22. The van der Waals surface area contributed by atoms with E-state index in [0.29, 0.717) is 0 Å². The molecular weight excluding hydrogens is 310 g/mol. The molecule has 1 N–H and O–H groups in total. The molecule has 0 fully saturated rings. The molecule has 0 bridgehead atoms. The largest absolute Gasteiger partial charge is 0.308 e. The van der Waals surface area contributed by atoms with Gasteiger partial charge in [-0.2, -0.15) is 0 Å². The van der Waals surface area contributed by atoms with Crippen LogP contribution in [0.1, 0.15) is 25.4 Å². The van der Waals surface area contributed by atoms with Crippen molar-refractivity contribution in [3.05, 3.63) is 33.5 Å². The Bertz CT molecular complexity index is 563. The van der Waals surface area contributed by atoms with Gasteiger partial charge in [-0.25, -0.2) is 9.97 Å². The van der Waals surface area contributed by atoms with Crippen LogP contribution >= 0.6 is 27.3 Å². The van der Waals surface area contributed by atoms with E-state index in [9.17, 15) is 0 Å². The maximum Gasteiger partial charge on any atom is 0.148 e. The van der Waals surface area contributed by atoms with Crippen LogP contribution in [0.3, 0.4) is 0 Å². The molecule has 0 unspecified atom stereocenters. The standard InChI is InChI=1S/C13H16BrN3S/c1-8-7-9(10-5-6-11(14)18-10)17-12(16-8)13(2,3)15-4/h5-7,15H,1-4H3. The van der Waals surface area contributed by atoms with Crippen molar-refractivity contribution in [1.82, 2.24) is 15.3 Å². The molecule has 0 saturated heterocycles. The zero-order valence-electron chi connectivity index (χ0n) is 10.9. The van der Waals surface area contributed by atoms with Crippen LogP contribution in [0.25, 0.3) is 10.6 Å². The van der Waals surface area contributed by atoms with Crippen LogP contribution in [-0.4, -0.2) is 17.0 Å². The van der Waals surface area contributed by atoms with Gasteiger partial charge in [0.15, 0.2) is 0 Å². The number of aryl methyl sites for hydroxylation is 1. The van der Waals surface area contributed by atoms with Crippen LogP contribution in [0.15, 0.2) is 22.0 Å². The predicted molar refractivity (Wildman–Crippen MR) is 79.9 cm³/mol. The zero-order valence-corrected chi connectivity index (χ0v) is 13.3. The predicted octanol–water partition coefficient (Wildman–Crippen LogP) is 3.73.